The number of carbonyl (C=O) groups excluding carboxylic acids is 2. The Bertz CT molecular complexity index is 805. The van der Waals surface area contributed by atoms with Crippen LogP contribution >= 0.6 is 23.2 Å². The third kappa shape index (κ3) is 5.03. The number of hydrogen-bond donors (Lipinski definition) is 1. The lowest BCUT2D eigenvalue weighted by atomic mass is 10.2. The van der Waals surface area contributed by atoms with E-state index in [1.807, 2.05) is 0 Å². The number of nitrogens with one attached hydrogen (secondary N) is 1. The molecule has 1 amide bonds. The van der Waals surface area contributed by atoms with Crippen molar-refractivity contribution in [1.82, 2.24) is 0 Å². The number of benzene rings is 2. The van der Waals surface area contributed by atoms with Gasteiger partial charge in [-0.2, -0.15) is 0 Å². The van der Waals surface area contributed by atoms with Crippen LogP contribution < -0.4 is 14.8 Å². The molecule has 0 bridgehead atoms. The topological polar surface area (TPSA) is 73.9 Å². The second-order valence-electron chi connectivity index (χ2n) is 5.26. The lowest BCUT2D eigenvalue weighted by molar-refractivity contribution is -0.123. The van der Waals surface area contributed by atoms with E-state index in [1.165, 1.54) is 39.3 Å². The molecule has 0 aliphatic heterocycles. The summed E-state index contributed by atoms with van der Waals surface area (Å²) < 4.78 is 15.5. The number of halogens is 2. The highest BCUT2D eigenvalue weighted by Gasteiger charge is 2.21. The standard InChI is InChI=1S/C18H17Cl2NO5/c1-10(26-18(23)11-6-12(19)8-13(20)7-11)17(22)21-15-9-14(24-2)4-5-16(15)25-3/h4-10H,1-3H3,(H,21,22). The molecule has 2 aromatic rings. The molecule has 1 unspecified atom stereocenters. The number of carbonyl (C=O) groups is 2. The summed E-state index contributed by atoms with van der Waals surface area (Å²) in [5.41, 5.74) is 0.548. The molecule has 2 rings (SSSR count). The molecule has 2 aromatic carbocycles. The molecule has 0 aliphatic carbocycles. The van der Waals surface area contributed by atoms with Gasteiger partial charge in [0, 0.05) is 16.1 Å². The van der Waals surface area contributed by atoms with E-state index in [-0.39, 0.29) is 5.56 Å². The Morgan fingerprint density at radius 1 is 1.00 bits per heavy atom. The highest BCUT2D eigenvalue weighted by atomic mass is 35.5. The monoisotopic (exact) mass is 397 g/mol. The van der Waals surface area contributed by atoms with Gasteiger partial charge in [0.15, 0.2) is 6.10 Å². The summed E-state index contributed by atoms with van der Waals surface area (Å²) >= 11 is 11.7. The van der Waals surface area contributed by atoms with Gasteiger partial charge < -0.3 is 19.5 Å². The van der Waals surface area contributed by atoms with E-state index in [9.17, 15) is 9.59 Å². The molecular formula is C18H17Cl2NO5. The zero-order valence-corrected chi connectivity index (χ0v) is 15.9. The van der Waals surface area contributed by atoms with Gasteiger partial charge in [-0.15, -0.1) is 0 Å². The lowest BCUT2D eigenvalue weighted by Gasteiger charge is -2.16. The van der Waals surface area contributed by atoms with Crippen LogP contribution in [-0.2, 0) is 9.53 Å². The van der Waals surface area contributed by atoms with Crippen LogP contribution in [0.1, 0.15) is 17.3 Å². The SMILES string of the molecule is COc1ccc(OC)c(NC(=O)C(C)OC(=O)c2cc(Cl)cc(Cl)c2)c1. The first-order chi connectivity index (χ1) is 12.3. The Hall–Kier alpha value is -2.44. The quantitative estimate of drug-likeness (QED) is 0.739. The van der Waals surface area contributed by atoms with Crippen molar-refractivity contribution >= 4 is 40.8 Å². The Kier molecular flexibility index (Phi) is 6.71. The molecule has 0 aliphatic rings. The van der Waals surface area contributed by atoms with Crippen molar-refractivity contribution in [2.75, 3.05) is 19.5 Å². The molecule has 0 saturated heterocycles. The summed E-state index contributed by atoms with van der Waals surface area (Å²) in [6, 6.07) is 9.25. The van der Waals surface area contributed by atoms with Crippen LogP contribution in [0.5, 0.6) is 11.5 Å². The molecule has 0 saturated carbocycles. The minimum Gasteiger partial charge on any atom is -0.497 e. The van der Waals surface area contributed by atoms with Crippen LogP contribution in [-0.4, -0.2) is 32.2 Å². The highest BCUT2D eigenvalue weighted by molar-refractivity contribution is 6.35. The molecular weight excluding hydrogens is 381 g/mol. The number of esters is 1. The van der Waals surface area contributed by atoms with Gasteiger partial charge in [-0.3, -0.25) is 4.79 Å². The van der Waals surface area contributed by atoms with E-state index in [4.69, 9.17) is 37.4 Å². The van der Waals surface area contributed by atoms with E-state index in [1.54, 1.807) is 18.2 Å². The molecule has 1 atom stereocenters. The van der Waals surface area contributed by atoms with Crippen LogP contribution in [0.3, 0.4) is 0 Å². The fourth-order valence-corrected chi connectivity index (χ4v) is 2.63. The Balaban J connectivity index is 2.09. The Labute approximate surface area is 160 Å². The van der Waals surface area contributed by atoms with Crippen molar-refractivity contribution in [3.63, 3.8) is 0 Å². The zero-order chi connectivity index (χ0) is 19.3. The second kappa shape index (κ2) is 8.78. The maximum atomic E-state index is 12.3. The first kappa shape index (κ1) is 19.9. The van der Waals surface area contributed by atoms with E-state index in [0.717, 1.165) is 0 Å². The number of hydrogen-bond acceptors (Lipinski definition) is 5. The minimum absolute atomic E-state index is 0.154. The van der Waals surface area contributed by atoms with Gasteiger partial charge in [-0.05, 0) is 37.3 Å². The number of rotatable bonds is 6. The summed E-state index contributed by atoms with van der Waals surface area (Å²) in [5.74, 6) is -0.258. The van der Waals surface area contributed by atoms with Crippen LogP contribution in [0.15, 0.2) is 36.4 Å². The second-order valence-corrected chi connectivity index (χ2v) is 6.13. The van der Waals surface area contributed by atoms with Crippen molar-refractivity contribution in [3.05, 3.63) is 52.0 Å². The molecule has 8 heteroatoms. The summed E-state index contributed by atoms with van der Waals surface area (Å²) in [6.07, 6.45) is -1.06. The lowest BCUT2D eigenvalue weighted by Crippen LogP contribution is -2.30. The van der Waals surface area contributed by atoms with Gasteiger partial charge >= 0.3 is 5.97 Å². The van der Waals surface area contributed by atoms with Crippen molar-refractivity contribution in [3.8, 4) is 11.5 Å². The van der Waals surface area contributed by atoms with Gasteiger partial charge in [0.2, 0.25) is 0 Å². The Morgan fingerprint density at radius 3 is 2.23 bits per heavy atom. The molecule has 0 fully saturated rings. The third-order valence-electron chi connectivity index (χ3n) is 3.42. The zero-order valence-electron chi connectivity index (χ0n) is 14.3. The average molecular weight is 398 g/mol. The molecule has 0 aromatic heterocycles. The number of ether oxygens (including phenoxy) is 3. The molecule has 26 heavy (non-hydrogen) atoms. The maximum absolute atomic E-state index is 12.3. The summed E-state index contributed by atoms with van der Waals surface area (Å²) in [7, 11) is 2.98. The summed E-state index contributed by atoms with van der Waals surface area (Å²) in [6.45, 7) is 1.45. The minimum atomic E-state index is -1.06. The van der Waals surface area contributed by atoms with Gasteiger partial charge in [0.1, 0.15) is 11.5 Å². The fourth-order valence-electron chi connectivity index (χ4n) is 2.10. The third-order valence-corrected chi connectivity index (χ3v) is 3.85. The van der Waals surface area contributed by atoms with Crippen molar-refractivity contribution in [2.24, 2.45) is 0 Å². The van der Waals surface area contributed by atoms with Crippen LogP contribution in [0.25, 0.3) is 0 Å². The van der Waals surface area contributed by atoms with E-state index in [0.29, 0.717) is 27.2 Å². The largest absolute Gasteiger partial charge is 0.497 e. The van der Waals surface area contributed by atoms with E-state index < -0.39 is 18.0 Å². The van der Waals surface area contributed by atoms with Gasteiger partial charge in [0.05, 0.1) is 25.5 Å². The van der Waals surface area contributed by atoms with Gasteiger partial charge in [-0.1, -0.05) is 23.2 Å². The first-order valence-corrected chi connectivity index (χ1v) is 8.29. The molecule has 1 N–H and O–H groups in total. The fraction of sp³-hybridized carbons (Fsp3) is 0.222. The average Bonchev–Trinajstić information content (AvgIpc) is 2.60. The molecule has 0 heterocycles. The maximum Gasteiger partial charge on any atom is 0.339 e. The first-order valence-electron chi connectivity index (χ1n) is 7.54. The number of methoxy groups -OCH3 is 2. The van der Waals surface area contributed by atoms with Crippen LogP contribution in [0.2, 0.25) is 10.0 Å². The van der Waals surface area contributed by atoms with Gasteiger partial charge in [0.25, 0.3) is 5.91 Å². The predicted molar refractivity (Wildman–Crippen MR) is 99.5 cm³/mol. The van der Waals surface area contributed by atoms with Crippen LogP contribution in [0.4, 0.5) is 5.69 Å². The molecule has 0 spiro atoms. The smallest absolute Gasteiger partial charge is 0.339 e. The number of anilines is 1. The van der Waals surface area contributed by atoms with E-state index in [2.05, 4.69) is 5.32 Å². The summed E-state index contributed by atoms with van der Waals surface area (Å²) in [5, 5.41) is 3.23. The molecule has 138 valence electrons. The highest BCUT2D eigenvalue weighted by Crippen LogP contribution is 2.29. The molecule has 6 nitrogen and oxygen atoms in total. The van der Waals surface area contributed by atoms with Crippen molar-refractivity contribution < 1.29 is 23.8 Å². The number of amides is 1. The summed E-state index contributed by atoms with van der Waals surface area (Å²) in [4.78, 5) is 24.5. The van der Waals surface area contributed by atoms with E-state index >= 15 is 0 Å². The van der Waals surface area contributed by atoms with Gasteiger partial charge in [-0.25, -0.2) is 4.79 Å². The van der Waals surface area contributed by atoms with Crippen molar-refractivity contribution in [2.45, 2.75) is 13.0 Å². The predicted octanol–water partition coefficient (Wildman–Crippen LogP) is 4.19. The Morgan fingerprint density at radius 2 is 1.65 bits per heavy atom. The van der Waals surface area contributed by atoms with Crippen LogP contribution in [0, 0.1) is 0 Å². The van der Waals surface area contributed by atoms with Crippen molar-refractivity contribution in [1.29, 1.82) is 0 Å². The normalized spacial score (nSPS) is 11.4. The molecule has 0 radical (unpaired) electrons.